The molecule has 0 aliphatic rings. The molecule has 1 rings (SSSR count). The second-order valence-corrected chi connectivity index (χ2v) is 4.28. The van der Waals surface area contributed by atoms with Crippen molar-refractivity contribution in [3.63, 3.8) is 0 Å². The molecular formula is C11H13BrFNO2. The van der Waals surface area contributed by atoms with Gasteiger partial charge in [0, 0.05) is 16.6 Å². The number of carbonyl (C=O) groups excluding carboxylic acids is 1. The third-order valence-electron chi connectivity index (χ3n) is 2.17. The van der Waals surface area contributed by atoms with Crippen molar-refractivity contribution in [2.24, 2.45) is 0 Å². The van der Waals surface area contributed by atoms with Crippen LogP contribution in [0.5, 0.6) is 0 Å². The van der Waals surface area contributed by atoms with Crippen molar-refractivity contribution in [2.45, 2.75) is 19.5 Å². The van der Waals surface area contributed by atoms with Crippen LogP contribution in [-0.2, 0) is 16.1 Å². The lowest BCUT2D eigenvalue weighted by molar-refractivity contribution is -0.142. The van der Waals surface area contributed by atoms with Crippen LogP contribution in [0.2, 0.25) is 0 Å². The van der Waals surface area contributed by atoms with Crippen molar-refractivity contribution < 1.29 is 13.9 Å². The van der Waals surface area contributed by atoms with Crippen LogP contribution < -0.4 is 5.32 Å². The Morgan fingerprint density at radius 1 is 1.62 bits per heavy atom. The van der Waals surface area contributed by atoms with E-state index < -0.39 is 6.04 Å². The number of halogens is 2. The first-order valence-electron chi connectivity index (χ1n) is 4.79. The fourth-order valence-electron chi connectivity index (χ4n) is 1.19. The van der Waals surface area contributed by atoms with Crippen LogP contribution in [-0.4, -0.2) is 19.1 Å². The lowest BCUT2D eigenvalue weighted by atomic mass is 10.2. The van der Waals surface area contributed by atoms with Crippen LogP contribution in [0.4, 0.5) is 4.39 Å². The maximum absolute atomic E-state index is 13.4. The first-order chi connectivity index (χ1) is 7.54. The fourth-order valence-corrected chi connectivity index (χ4v) is 1.52. The minimum Gasteiger partial charge on any atom is -0.468 e. The Morgan fingerprint density at radius 3 is 2.88 bits per heavy atom. The number of hydrogen-bond donors (Lipinski definition) is 1. The molecule has 88 valence electrons. The number of methoxy groups -OCH3 is 1. The lowest BCUT2D eigenvalue weighted by Crippen LogP contribution is -2.34. The molecule has 5 heteroatoms. The topological polar surface area (TPSA) is 38.3 Å². The van der Waals surface area contributed by atoms with Gasteiger partial charge in [0.25, 0.3) is 0 Å². The molecule has 3 nitrogen and oxygen atoms in total. The molecule has 0 aromatic heterocycles. The van der Waals surface area contributed by atoms with Crippen molar-refractivity contribution >= 4 is 21.9 Å². The van der Waals surface area contributed by atoms with Crippen molar-refractivity contribution in [3.05, 3.63) is 34.1 Å². The molecule has 16 heavy (non-hydrogen) atoms. The number of hydrogen-bond acceptors (Lipinski definition) is 3. The van der Waals surface area contributed by atoms with Crippen LogP contribution >= 0.6 is 15.9 Å². The van der Waals surface area contributed by atoms with E-state index in [1.54, 1.807) is 19.1 Å². The van der Waals surface area contributed by atoms with E-state index in [2.05, 4.69) is 26.0 Å². The molecule has 0 amide bonds. The summed E-state index contributed by atoms with van der Waals surface area (Å²) in [5.41, 5.74) is 0.513. The summed E-state index contributed by atoms with van der Waals surface area (Å²) in [6, 6.07) is 4.35. The van der Waals surface area contributed by atoms with Gasteiger partial charge in [-0.2, -0.15) is 0 Å². The Labute approximate surface area is 102 Å². The van der Waals surface area contributed by atoms with E-state index in [1.807, 2.05) is 0 Å². The average Bonchev–Trinajstić information content (AvgIpc) is 2.26. The molecule has 0 spiro atoms. The summed E-state index contributed by atoms with van der Waals surface area (Å²) < 4.78 is 18.6. The normalized spacial score (nSPS) is 12.2. The van der Waals surface area contributed by atoms with E-state index in [9.17, 15) is 9.18 Å². The summed E-state index contributed by atoms with van der Waals surface area (Å²) in [5.74, 6) is -0.670. The van der Waals surface area contributed by atoms with Crippen molar-refractivity contribution in [3.8, 4) is 0 Å². The summed E-state index contributed by atoms with van der Waals surface area (Å²) in [6.45, 7) is 1.96. The zero-order valence-corrected chi connectivity index (χ0v) is 10.7. The quantitative estimate of drug-likeness (QED) is 0.864. The van der Waals surface area contributed by atoms with Gasteiger partial charge in [0.2, 0.25) is 0 Å². The number of esters is 1. The Hall–Kier alpha value is -0.940. The third kappa shape index (κ3) is 3.57. The van der Waals surface area contributed by atoms with E-state index in [-0.39, 0.29) is 18.3 Å². The summed E-state index contributed by atoms with van der Waals surface area (Å²) in [7, 11) is 1.32. The predicted octanol–water partition coefficient (Wildman–Crippen LogP) is 2.24. The molecule has 0 fully saturated rings. The van der Waals surface area contributed by atoms with E-state index >= 15 is 0 Å². The highest BCUT2D eigenvalue weighted by Crippen LogP contribution is 2.15. The van der Waals surface area contributed by atoms with Crippen LogP contribution in [0.1, 0.15) is 12.5 Å². The van der Waals surface area contributed by atoms with Crippen molar-refractivity contribution in [2.75, 3.05) is 7.11 Å². The fraction of sp³-hybridized carbons (Fsp3) is 0.364. The van der Waals surface area contributed by atoms with Gasteiger partial charge in [0.05, 0.1) is 7.11 Å². The van der Waals surface area contributed by atoms with Gasteiger partial charge in [0.1, 0.15) is 11.9 Å². The van der Waals surface area contributed by atoms with Crippen LogP contribution in [0, 0.1) is 5.82 Å². The van der Waals surface area contributed by atoms with Crippen LogP contribution in [0.15, 0.2) is 22.7 Å². The van der Waals surface area contributed by atoms with Gasteiger partial charge in [-0.1, -0.05) is 22.0 Å². The molecule has 1 atom stereocenters. The molecule has 0 saturated carbocycles. The molecule has 0 aliphatic heterocycles. The largest absolute Gasteiger partial charge is 0.468 e. The number of rotatable bonds is 4. The molecular weight excluding hydrogens is 277 g/mol. The molecule has 0 saturated heterocycles. The van der Waals surface area contributed by atoms with Crippen LogP contribution in [0.3, 0.4) is 0 Å². The first kappa shape index (κ1) is 13.1. The number of ether oxygens (including phenoxy) is 1. The maximum Gasteiger partial charge on any atom is 0.322 e. The summed E-state index contributed by atoms with van der Waals surface area (Å²) in [5, 5.41) is 2.88. The van der Waals surface area contributed by atoms with Gasteiger partial charge in [-0.15, -0.1) is 0 Å². The number of carbonyl (C=O) groups is 1. The standard InChI is InChI=1S/C11H13BrFNO2/c1-7(11(15)16-2)14-6-8-3-4-9(12)5-10(8)13/h3-5,7,14H,6H2,1-2H3/t7-/m0/s1. The van der Waals surface area contributed by atoms with Gasteiger partial charge >= 0.3 is 5.97 Å². The predicted molar refractivity (Wildman–Crippen MR) is 62.4 cm³/mol. The summed E-state index contributed by atoms with van der Waals surface area (Å²) in [6.07, 6.45) is 0. The van der Waals surface area contributed by atoms with Gasteiger partial charge in [-0.05, 0) is 19.1 Å². The summed E-state index contributed by atoms with van der Waals surface area (Å²) >= 11 is 3.18. The lowest BCUT2D eigenvalue weighted by Gasteiger charge is -2.11. The van der Waals surface area contributed by atoms with Gasteiger partial charge in [-0.3, -0.25) is 4.79 Å². The summed E-state index contributed by atoms with van der Waals surface area (Å²) in [4.78, 5) is 11.1. The Bertz CT molecular complexity index is 384. The molecule has 1 aromatic rings. The van der Waals surface area contributed by atoms with E-state index in [0.29, 0.717) is 10.0 Å². The van der Waals surface area contributed by atoms with Gasteiger partial charge in [-0.25, -0.2) is 4.39 Å². The molecule has 0 bridgehead atoms. The first-order valence-corrected chi connectivity index (χ1v) is 5.59. The number of benzene rings is 1. The number of nitrogens with one attached hydrogen (secondary N) is 1. The average molecular weight is 290 g/mol. The minimum atomic E-state index is -0.451. The monoisotopic (exact) mass is 289 g/mol. The highest BCUT2D eigenvalue weighted by molar-refractivity contribution is 9.10. The SMILES string of the molecule is COC(=O)[C@H](C)NCc1ccc(Br)cc1F. The zero-order valence-electron chi connectivity index (χ0n) is 9.09. The molecule has 1 N–H and O–H groups in total. The van der Waals surface area contributed by atoms with Crippen molar-refractivity contribution in [1.29, 1.82) is 0 Å². The van der Waals surface area contributed by atoms with E-state index in [4.69, 9.17) is 0 Å². The molecule has 1 aromatic carbocycles. The Kier molecular flexibility index (Phi) is 4.89. The maximum atomic E-state index is 13.4. The van der Waals surface area contributed by atoms with Crippen LogP contribution in [0.25, 0.3) is 0 Å². The highest BCUT2D eigenvalue weighted by atomic mass is 79.9. The highest BCUT2D eigenvalue weighted by Gasteiger charge is 2.12. The smallest absolute Gasteiger partial charge is 0.322 e. The molecule has 0 unspecified atom stereocenters. The Balaban J connectivity index is 2.58. The molecule has 0 heterocycles. The minimum absolute atomic E-state index is 0.287. The van der Waals surface area contributed by atoms with Gasteiger partial charge < -0.3 is 10.1 Å². The van der Waals surface area contributed by atoms with E-state index in [0.717, 1.165) is 0 Å². The second-order valence-electron chi connectivity index (χ2n) is 3.36. The van der Waals surface area contributed by atoms with Gasteiger partial charge in [0.15, 0.2) is 0 Å². The Morgan fingerprint density at radius 2 is 2.31 bits per heavy atom. The molecule has 0 aliphatic carbocycles. The molecule has 0 radical (unpaired) electrons. The second kappa shape index (κ2) is 5.96. The van der Waals surface area contributed by atoms with Crippen molar-refractivity contribution in [1.82, 2.24) is 5.32 Å². The zero-order chi connectivity index (χ0) is 12.1. The van der Waals surface area contributed by atoms with E-state index in [1.165, 1.54) is 13.2 Å². The third-order valence-corrected chi connectivity index (χ3v) is 2.66.